The van der Waals surface area contributed by atoms with Crippen molar-refractivity contribution in [3.05, 3.63) is 59.1 Å². The maximum atomic E-state index is 12.1. The van der Waals surface area contributed by atoms with E-state index in [1.165, 1.54) is 0 Å². The number of carbonyl (C=O) groups excluding carboxylic acids is 1. The molecule has 1 aliphatic rings. The van der Waals surface area contributed by atoms with Crippen molar-refractivity contribution < 1.29 is 14.3 Å². The first kappa shape index (κ1) is 19.6. The van der Waals surface area contributed by atoms with Gasteiger partial charge in [0.05, 0.1) is 12.5 Å². The van der Waals surface area contributed by atoms with Crippen LogP contribution >= 0.6 is 23.8 Å². The topological polar surface area (TPSA) is 59.6 Å². The number of hydrogen-bond acceptors (Lipinski definition) is 4. The lowest BCUT2D eigenvalue weighted by molar-refractivity contribution is -0.119. The smallest absolute Gasteiger partial charge is 0.230 e. The molecule has 0 aliphatic carbocycles. The number of amides is 1. The highest BCUT2D eigenvalue weighted by Gasteiger charge is 2.16. The third kappa shape index (κ3) is 6.50. The summed E-state index contributed by atoms with van der Waals surface area (Å²) in [7, 11) is 0. The summed E-state index contributed by atoms with van der Waals surface area (Å²) in [4.78, 5) is 12.1. The Morgan fingerprint density at radius 1 is 1.26 bits per heavy atom. The van der Waals surface area contributed by atoms with Crippen LogP contribution in [0.1, 0.15) is 18.4 Å². The van der Waals surface area contributed by atoms with Crippen LogP contribution in [0.4, 0.5) is 5.69 Å². The van der Waals surface area contributed by atoms with E-state index in [1.54, 1.807) is 12.1 Å². The predicted octanol–water partition coefficient (Wildman–Crippen LogP) is 3.95. The first-order chi connectivity index (χ1) is 13.1. The second kappa shape index (κ2) is 9.69. The molecule has 3 rings (SSSR count). The maximum absolute atomic E-state index is 12.1. The number of nitrogens with one attached hydrogen (secondary N) is 2. The molecule has 1 saturated heterocycles. The molecule has 5 nitrogen and oxygen atoms in total. The molecule has 0 spiro atoms. The van der Waals surface area contributed by atoms with Gasteiger partial charge in [0.25, 0.3) is 0 Å². The van der Waals surface area contributed by atoms with Gasteiger partial charge in [-0.3, -0.25) is 4.79 Å². The van der Waals surface area contributed by atoms with Crippen molar-refractivity contribution in [1.29, 1.82) is 0 Å². The quantitative estimate of drug-likeness (QED) is 0.714. The summed E-state index contributed by atoms with van der Waals surface area (Å²) in [5.41, 5.74) is 1.61. The van der Waals surface area contributed by atoms with E-state index in [-0.39, 0.29) is 23.5 Å². The number of benzene rings is 2. The van der Waals surface area contributed by atoms with Crippen molar-refractivity contribution in [2.75, 3.05) is 18.5 Å². The highest BCUT2D eigenvalue weighted by Crippen LogP contribution is 2.19. The first-order valence-corrected chi connectivity index (χ1v) is 9.57. The molecule has 142 valence electrons. The normalized spacial score (nSPS) is 16.0. The van der Waals surface area contributed by atoms with Gasteiger partial charge in [0.15, 0.2) is 5.11 Å². The summed E-state index contributed by atoms with van der Waals surface area (Å²) < 4.78 is 11.3. The molecule has 27 heavy (non-hydrogen) atoms. The Hall–Kier alpha value is -2.15. The van der Waals surface area contributed by atoms with Crippen LogP contribution in [-0.4, -0.2) is 30.3 Å². The molecule has 1 heterocycles. The average Bonchev–Trinajstić information content (AvgIpc) is 3.16. The second-order valence-electron chi connectivity index (χ2n) is 6.28. The molecule has 1 unspecified atom stereocenters. The summed E-state index contributed by atoms with van der Waals surface area (Å²) in [6, 6.07) is 14.6. The Labute approximate surface area is 169 Å². The third-order valence-electron chi connectivity index (χ3n) is 4.08. The van der Waals surface area contributed by atoms with Crippen LogP contribution in [0.15, 0.2) is 48.5 Å². The molecule has 0 radical (unpaired) electrons. The van der Waals surface area contributed by atoms with Crippen molar-refractivity contribution in [3.63, 3.8) is 0 Å². The molecular weight excluding hydrogens is 384 g/mol. The fourth-order valence-electron chi connectivity index (χ4n) is 2.75. The minimum Gasteiger partial charge on any atom is -0.491 e. The zero-order valence-electron chi connectivity index (χ0n) is 14.7. The minimum atomic E-state index is -0.194. The van der Waals surface area contributed by atoms with Crippen molar-refractivity contribution in [2.24, 2.45) is 0 Å². The van der Waals surface area contributed by atoms with Crippen LogP contribution in [0, 0.1) is 0 Å². The standard InChI is InChI=1S/C20H21ClN2O3S/c21-15-8-6-14(7-9-15)11-19(24)23-20(27)22-16-3-1-4-17(12-16)26-13-18-5-2-10-25-18/h1,3-4,6-9,12,18H,2,5,10-11,13H2,(H2,22,23,24,27). The highest BCUT2D eigenvalue weighted by molar-refractivity contribution is 7.80. The van der Waals surface area contributed by atoms with E-state index in [4.69, 9.17) is 33.3 Å². The van der Waals surface area contributed by atoms with Gasteiger partial charge in [0.1, 0.15) is 12.4 Å². The molecule has 2 aromatic carbocycles. The van der Waals surface area contributed by atoms with Crippen molar-refractivity contribution in [1.82, 2.24) is 5.32 Å². The van der Waals surface area contributed by atoms with Gasteiger partial charge in [0, 0.05) is 23.4 Å². The van der Waals surface area contributed by atoms with E-state index in [0.717, 1.165) is 36.4 Å². The Kier molecular flexibility index (Phi) is 7.04. The van der Waals surface area contributed by atoms with E-state index in [9.17, 15) is 4.79 Å². The van der Waals surface area contributed by atoms with Crippen LogP contribution in [0.5, 0.6) is 5.75 Å². The van der Waals surface area contributed by atoms with Gasteiger partial charge in [-0.1, -0.05) is 29.8 Å². The molecule has 1 amide bonds. The average molecular weight is 405 g/mol. The second-order valence-corrected chi connectivity index (χ2v) is 7.12. The lowest BCUT2D eigenvalue weighted by Crippen LogP contribution is -2.35. The fourth-order valence-corrected chi connectivity index (χ4v) is 3.11. The predicted molar refractivity (Wildman–Crippen MR) is 110 cm³/mol. The highest BCUT2D eigenvalue weighted by atomic mass is 35.5. The molecule has 0 bridgehead atoms. The summed E-state index contributed by atoms with van der Waals surface area (Å²) in [5, 5.41) is 6.56. The first-order valence-electron chi connectivity index (χ1n) is 8.78. The number of thiocarbonyl (C=S) groups is 1. The lowest BCUT2D eigenvalue weighted by Gasteiger charge is -2.13. The number of ether oxygens (including phenoxy) is 2. The molecule has 2 N–H and O–H groups in total. The molecule has 0 aromatic heterocycles. The van der Waals surface area contributed by atoms with Crippen molar-refractivity contribution in [3.8, 4) is 5.75 Å². The molecule has 1 aliphatic heterocycles. The number of hydrogen-bond donors (Lipinski definition) is 2. The zero-order chi connectivity index (χ0) is 19.1. The summed E-state index contributed by atoms with van der Waals surface area (Å²) in [6.07, 6.45) is 2.50. The van der Waals surface area contributed by atoms with Crippen LogP contribution < -0.4 is 15.4 Å². The Morgan fingerprint density at radius 3 is 2.81 bits per heavy atom. The largest absolute Gasteiger partial charge is 0.491 e. The molecule has 2 aromatic rings. The minimum absolute atomic E-state index is 0.162. The summed E-state index contributed by atoms with van der Waals surface area (Å²) >= 11 is 11.1. The van der Waals surface area contributed by atoms with Crippen molar-refractivity contribution in [2.45, 2.75) is 25.4 Å². The third-order valence-corrected chi connectivity index (χ3v) is 4.54. The van der Waals surface area contributed by atoms with E-state index >= 15 is 0 Å². The van der Waals surface area contributed by atoms with Gasteiger partial charge >= 0.3 is 0 Å². The van der Waals surface area contributed by atoms with E-state index in [2.05, 4.69) is 10.6 Å². The van der Waals surface area contributed by atoms with Gasteiger partial charge in [-0.25, -0.2) is 0 Å². The fraction of sp³-hybridized carbons (Fsp3) is 0.300. The van der Waals surface area contributed by atoms with E-state index in [1.807, 2.05) is 36.4 Å². The van der Waals surface area contributed by atoms with Crippen LogP contribution in [-0.2, 0) is 16.0 Å². The van der Waals surface area contributed by atoms with Crippen LogP contribution in [0.25, 0.3) is 0 Å². The van der Waals surface area contributed by atoms with Gasteiger partial charge in [0.2, 0.25) is 5.91 Å². The van der Waals surface area contributed by atoms with Crippen LogP contribution in [0.3, 0.4) is 0 Å². The van der Waals surface area contributed by atoms with E-state index < -0.39 is 0 Å². The molecule has 7 heteroatoms. The monoisotopic (exact) mass is 404 g/mol. The molecule has 1 fully saturated rings. The Bertz CT molecular complexity index is 792. The van der Waals surface area contributed by atoms with Crippen molar-refractivity contribution >= 4 is 40.5 Å². The Morgan fingerprint density at radius 2 is 2.07 bits per heavy atom. The van der Waals surface area contributed by atoms with Gasteiger partial charge < -0.3 is 20.1 Å². The number of carbonyl (C=O) groups is 1. The maximum Gasteiger partial charge on any atom is 0.230 e. The van der Waals surface area contributed by atoms with Gasteiger partial charge in [-0.05, 0) is 54.9 Å². The lowest BCUT2D eigenvalue weighted by atomic mass is 10.1. The number of anilines is 1. The molecule has 0 saturated carbocycles. The Balaban J connectivity index is 1.47. The van der Waals surface area contributed by atoms with Gasteiger partial charge in [-0.2, -0.15) is 0 Å². The van der Waals surface area contributed by atoms with Crippen LogP contribution in [0.2, 0.25) is 5.02 Å². The van der Waals surface area contributed by atoms with Gasteiger partial charge in [-0.15, -0.1) is 0 Å². The summed E-state index contributed by atoms with van der Waals surface area (Å²) in [5.74, 6) is 0.534. The summed E-state index contributed by atoms with van der Waals surface area (Å²) in [6.45, 7) is 1.34. The number of rotatable bonds is 6. The zero-order valence-corrected chi connectivity index (χ0v) is 16.3. The number of halogens is 1. The SMILES string of the molecule is O=C(Cc1ccc(Cl)cc1)NC(=S)Nc1cccc(OCC2CCCO2)c1. The molecule has 1 atom stereocenters. The van der Waals surface area contributed by atoms with E-state index in [0.29, 0.717) is 11.6 Å². The molecular formula is C20H21ClN2O3S.